The van der Waals surface area contributed by atoms with Crippen molar-refractivity contribution in [3.63, 3.8) is 0 Å². The number of pyridine rings is 1. The van der Waals surface area contributed by atoms with E-state index >= 15 is 0 Å². The summed E-state index contributed by atoms with van der Waals surface area (Å²) >= 11 is 6.71. The number of hydrogen-bond acceptors (Lipinski definition) is 9. The number of nitrogens with zero attached hydrogens (tertiary/aromatic N) is 4. The summed E-state index contributed by atoms with van der Waals surface area (Å²) in [4.78, 5) is 17.9. The molecule has 52 heavy (non-hydrogen) atoms. The first-order chi connectivity index (χ1) is 25.2. The van der Waals surface area contributed by atoms with Crippen LogP contribution in [0.15, 0.2) is 79.3 Å². The molecule has 1 aliphatic heterocycles. The van der Waals surface area contributed by atoms with E-state index in [9.17, 15) is 25.4 Å². The first kappa shape index (κ1) is 36.8. The molecule has 2 aromatic heterocycles. The van der Waals surface area contributed by atoms with Crippen LogP contribution < -0.4 is 14.8 Å². The third-order valence-corrected chi connectivity index (χ3v) is 9.80. The van der Waals surface area contributed by atoms with Gasteiger partial charge in [-0.25, -0.2) is 0 Å². The molecule has 0 amide bonds. The van der Waals surface area contributed by atoms with Crippen LogP contribution in [0.2, 0.25) is 5.02 Å². The third-order valence-electron chi connectivity index (χ3n) is 9.51. The number of carboxylic acids is 1. The maximum atomic E-state index is 11.5. The number of β-amino-alcohol motifs (C(OH)–C–C–N with tert-alkyl or cyclic N) is 1. The number of fused-ring (bicyclic) bond motifs is 1. The van der Waals surface area contributed by atoms with Gasteiger partial charge in [-0.2, -0.15) is 5.26 Å². The molecule has 2 unspecified atom stereocenters. The van der Waals surface area contributed by atoms with Crippen molar-refractivity contribution in [2.24, 2.45) is 0 Å². The number of nitriles is 1. The summed E-state index contributed by atoms with van der Waals surface area (Å²) in [5.41, 5.74) is 7.13. The second-order valence-corrected chi connectivity index (χ2v) is 13.5. The largest absolute Gasteiger partial charge is 0.488 e. The van der Waals surface area contributed by atoms with Crippen LogP contribution >= 0.6 is 11.6 Å². The number of nitrogens with one attached hydrogen (secondary N) is 1. The summed E-state index contributed by atoms with van der Waals surface area (Å²) in [6.45, 7) is 5.47. The van der Waals surface area contributed by atoms with Crippen LogP contribution in [0.25, 0.3) is 22.0 Å². The molecule has 3 aromatic carbocycles. The number of aliphatic hydroxyl groups excluding tert-OH is 2. The molecule has 0 aliphatic carbocycles. The number of likely N-dealkylation sites (tertiary alicyclic amines) is 1. The van der Waals surface area contributed by atoms with Gasteiger partial charge >= 0.3 is 5.97 Å². The minimum atomic E-state index is -1.18. The summed E-state index contributed by atoms with van der Waals surface area (Å²) in [6.07, 6.45) is 6.88. The van der Waals surface area contributed by atoms with Crippen molar-refractivity contribution in [1.29, 1.82) is 5.26 Å². The molecule has 0 radical (unpaired) electrons. The van der Waals surface area contributed by atoms with Crippen LogP contribution in [0, 0.1) is 18.3 Å². The molecule has 270 valence electrons. The smallest absolute Gasteiger partial charge is 0.323 e. The molecule has 1 fully saturated rings. The van der Waals surface area contributed by atoms with Gasteiger partial charge in [0.05, 0.1) is 23.3 Å². The molecule has 0 saturated carbocycles. The van der Waals surface area contributed by atoms with E-state index in [1.54, 1.807) is 24.4 Å². The Morgan fingerprint density at radius 2 is 1.87 bits per heavy atom. The number of carboxylic acid groups (broad SMARTS) is 1. The molecule has 3 heterocycles. The maximum Gasteiger partial charge on any atom is 0.323 e. The molecule has 2 atom stereocenters. The van der Waals surface area contributed by atoms with Crippen LogP contribution in [-0.2, 0) is 31.1 Å². The molecule has 11 nitrogen and oxygen atoms in total. The molecule has 6 rings (SSSR count). The fraction of sp³-hybridized carbons (Fsp3) is 0.325. The fourth-order valence-corrected chi connectivity index (χ4v) is 6.87. The first-order valence-electron chi connectivity index (χ1n) is 17.3. The van der Waals surface area contributed by atoms with Gasteiger partial charge in [-0.3, -0.25) is 15.1 Å². The van der Waals surface area contributed by atoms with Gasteiger partial charge < -0.3 is 34.3 Å². The summed E-state index contributed by atoms with van der Waals surface area (Å²) in [6, 6.07) is 20.6. The Kier molecular flexibility index (Phi) is 12.1. The Morgan fingerprint density at radius 3 is 2.63 bits per heavy atom. The number of carbonyl (C=O) groups is 1. The third kappa shape index (κ3) is 8.73. The van der Waals surface area contributed by atoms with E-state index in [2.05, 4.69) is 69.3 Å². The topological polar surface area (TPSA) is 153 Å². The summed E-state index contributed by atoms with van der Waals surface area (Å²) in [5.74, 6) is -0.401. The van der Waals surface area contributed by atoms with E-state index < -0.39 is 18.6 Å². The maximum absolute atomic E-state index is 11.5. The normalized spacial score (nSPS) is 15.1. The van der Waals surface area contributed by atoms with Crippen molar-refractivity contribution in [1.82, 2.24) is 19.8 Å². The molecular weight excluding hydrogens is 682 g/mol. The molecule has 4 N–H and O–H groups in total. The molecule has 1 aliphatic rings. The molecule has 1 saturated heterocycles. The Labute approximate surface area is 307 Å². The fourth-order valence-electron chi connectivity index (χ4n) is 6.63. The van der Waals surface area contributed by atoms with Gasteiger partial charge in [0.15, 0.2) is 0 Å². The van der Waals surface area contributed by atoms with E-state index in [4.69, 9.17) is 21.1 Å². The van der Waals surface area contributed by atoms with Gasteiger partial charge in [-0.1, -0.05) is 41.9 Å². The number of benzene rings is 3. The van der Waals surface area contributed by atoms with Crippen molar-refractivity contribution in [3.05, 3.63) is 112 Å². The Balaban J connectivity index is 1.20. The zero-order valence-corrected chi connectivity index (χ0v) is 29.7. The Morgan fingerprint density at radius 1 is 1.06 bits per heavy atom. The molecule has 12 heteroatoms. The monoisotopic (exact) mass is 723 g/mol. The minimum Gasteiger partial charge on any atom is -0.488 e. The highest BCUT2D eigenvalue weighted by molar-refractivity contribution is 6.32. The quantitative estimate of drug-likeness (QED) is 0.1000. The van der Waals surface area contributed by atoms with Crippen LogP contribution in [0.4, 0.5) is 0 Å². The minimum absolute atomic E-state index is 0.0559. The lowest BCUT2D eigenvalue weighted by atomic mass is 9.94. The van der Waals surface area contributed by atoms with Crippen molar-refractivity contribution in [2.45, 2.75) is 58.2 Å². The second-order valence-electron chi connectivity index (χ2n) is 13.0. The SMILES string of the molecule is Cc1c(COc2cc(OCc3cncc(C#N)c3)c(CNC(CO)C(=O)O)cc2Cl)cccc1-c1cccc2c1ccn2CCCN1CCC(O)C1. The predicted octanol–water partition coefficient (Wildman–Crippen LogP) is 5.69. The van der Waals surface area contributed by atoms with E-state index in [-0.39, 0.29) is 25.9 Å². The van der Waals surface area contributed by atoms with Crippen molar-refractivity contribution < 1.29 is 29.6 Å². The molecule has 0 spiro atoms. The van der Waals surface area contributed by atoms with Gasteiger partial charge in [0.1, 0.15) is 36.8 Å². The lowest BCUT2D eigenvalue weighted by molar-refractivity contribution is -0.140. The number of aliphatic hydroxyl groups is 2. The number of aromatic nitrogens is 2. The molecule has 0 bridgehead atoms. The van der Waals surface area contributed by atoms with Gasteiger partial charge in [0, 0.05) is 72.9 Å². The van der Waals surface area contributed by atoms with Crippen molar-refractivity contribution in [3.8, 4) is 28.7 Å². The average Bonchev–Trinajstić information content (AvgIpc) is 3.77. The van der Waals surface area contributed by atoms with Crippen LogP contribution in [0.3, 0.4) is 0 Å². The lowest BCUT2D eigenvalue weighted by Gasteiger charge is -2.18. The highest BCUT2D eigenvalue weighted by Crippen LogP contribution is 2.36. The van der Waals surface area contributed by atoms with Crippen LogP contribution in [0.1, 0.15) is 40.7 Å². The lowest BCUT2D eigenvalue weighted by Crippen LogP contribution is -2.39. The number of hydrogen-bond donors (Lipinski definition) is 4. The zero-order valence-electron chi connectivity index (χ0n) is 29.0. The van der Waals surface area contributed by atoms with E-state index in [0.717, 1.165) is 61.3 Å². The number of ether oxygens (including phenoxy) is 2. The van der Waals surface area contributed by atoms with Crippen LogP contribution in [-0.4, -0.2) is 74.1 Å². The van der Waals surface area contributed by atoms with E-state index in [1.807, 2.05) is 12.1 Å². The summed E-state index contributed by atoms with van der Waals surface area (Å²) in [5, 5.41) is 42.3. The summed E-state index contributed by atoms with van der Waals surface area (Å²) < 4.78 is 14.7. The number of halogens is 1. The number of aliphatic carboxylic acids is 1. The van der Waals surface area contributed by atoms with Gasteiger partial charge in [-0.05, 0) is 72.8 Å². The second kappa shape index (κ2) is 17.0. The van der Waals surface area contributed by atoms with Gasteiger partial charge in [0.2, 0.25) is 0 Å². The van der Waals surface area contributed by atoms with Crippen molar-refractivity contribution in [2.75, 3.05) is 26.2 Å². The summed E-state index contributed by atoms with van der Waals surface area (Å²) in [7, 11) is 0. The van der Waals surface area contributed by atoms with E-state index in [1.165, 1.54) is 17.1 Å². The number of rotatable bonds is 16. The van der Waals surface area contributed by atoms with E-state index in [0.29, 0.717) is 33.2 Å². The highest BCUT2D eigenvalue weighted by atomic mass is 35.5. The highest BCUT2D eigenvalue weighted by Gasteiger charge is 2.21. The van der Waals surface area contributed by atoms with Crippen molar-refractivity contribution >= 4 is 28.5 Å². The zero-order chi connectivity index (χ0) is 36.6. The standard InChI is InChI=1S/C40H42ClN5O6/c1-26-29(5-2-6-32(26)33-7-3-8-37-34(33)10-14-46(37)12-4-11-45-13-9-31(48)22-45)25-52-39-17-38(51-24-28-15-27(18-42)19-43-20-28)30(16-35(39)41)21-44-36(23-47)40(49)50/h2-3,5-8,10,14-17,19-20,31,36,44,47-48H,4,9,11-13,21-25H2,1H3,(H,49,50). The predicted molar refractivity (Wildman–Crippen MR) is 198 cm³/mol. The average molecular weight is 724 g/mol. The molecular formula is C40H42ClN5O6. The first-order valence-corrected chi connectivity index (χ1v) is 17.7. The Hall–Kier alpha value is -4.96. The van der Waals surface area contributed by atoms with Crippen LogP contribution in [0.5, 0.6) is 11.5 Å². The van der Waals surface area contributed by atoms with Gasteiger partial charge in [0.25, 0.3) is 0 Å². The number of aryl methyl sites for hydroxylation is 1. The Bertz CT molecular complexity index is 2080. The van der Waals surface area contributed by atoms with Gasteiger partial charge in [-0.15, -0.1) is 0 Å². The molecule has 5 aromatic rings.